The van der Waals surface area contributed by atoms with Crippen molar-refractivity contribution in [2.45, 2.75) is 51.9 Å². The second-order valence-corrected chi connectivity index (χ2v) is 8.06. The van der Waals surface area contributed by atoms with E-state index in [0.29, 0.717) is 6.04 Å². The van der Waals surface area contributed by atoms with Crippen LogP contribution in [-0.2, 0) is 19.6 Å². The number of rotatable bonds is 6. The van der Waals surface area contributed by atoms with E-state index in [9.17, 15) is 0 Å². The summed E-state index contributed by atoms with van der Waals surface area (Å²) in [7, 11) is 0. The number of hydrogen-bond acceptors (Lipinski definition) is 3. The standard InChI is InChI=1S/C23H28N4S/c1-19-24-27(23(28)26(19)17-21-12-6-3-7-13-21)18-25-15-9-8-14-22(25)16-20-10-4-2-5-11-20/h2-7,10-13,22H,8-9,14-18H2,1H3/t22-/m1/s1. The zero-order chi connectivity index (χ0) is 19.3. The first kappa shape index (κ1) is 19.1. The molecule has 1 aliphatic rings. The third kappa shape index (κ3) is 4.42. The molecule has 0 radical (unpaired) electrons. The fourth-order valence-electron chi connectivity index (χ4n) is 4.12. The molecule has 4 rings (SSSR count). The molecular formula is C23H28N4S. The first-order chi connectivity index (χ1) is 13.7. The molecular weight excluding hydrogens is 364 g/mol. The summed E-state index contributed by atoms with van der Waals surface area (Å²) in [6.07, 6.45) is 4.90. The van der Waals surface area contributed by atoms with E-state index in [0.717, 1.165) is 36.8 Å². The number of hydrogen-bond donors (Lipinski definition) is 0. The van der Waals surface area contributed by atoms with Gasteiger partial charge in [-0.25, -0.2) is 4.68 Å². The fourth-order valence-corrected chi connectivity index (χ4v) is 4.42. The molecule has 0 amide bonds. The van der Waals surface area contributed by atoms with Crippen molar-refractivity contribution >= 4 is 12.2 Å². The Morgan fingerprint density at radius 1 is 0.964 bits per heavy atom. The predicted octanol–water partition coefficient (Wildman–Crippen LogP) is 4.83. The molecule has 0 unspecified atom stereocenters. The second kappa shape index (κ2) is 8.84. The van der Waals surface area contributed by atoms with Crippen LogP contribution in [-0.4, -0.2) is 31.8 Å². The Morgan fingerprint density at radius 2 is 1.64 bits per heavy atom. The molecule has 0 aliphatic carbocycles. The normalized spacial score (nSPS) is 17.7. The van der Waals surface area contributed by atoms with Gasteiger partial charge in [-0.15, -0.1) is 0 Å². The van der Waals surface area contributed by atoms with Crippen LogP contribution in [0.25, 0.3) is 0 Å². The van der Waals surface area contributed by atoms with Crippen LogP contribution < -0.4 is 0 Å². The minimum Gasteiger partial charge on any atom is -0.300 e. The van der Waals surface area contributed by atoms with Gasteiger partial charge in [-0.3, -0.25) is 9.47 Å². The van der Waals surface area contributed by atoms with E-state index in [-0.39, 0.29) is 0 Å². The van der Waals surface area contributed by atoms with Gasteiger partial charge in [0.05, 0.1) is 13.2 Å². The van der Waals surface area contributed by atoms with Gasteiger partial charge in [0.2, 0.25) is 0 Å². The van der Waals surface area contributed by atoms with Crippen LogP contribution in [0.15, 0.2) is 60.7 Å². The minimum absolute atomic E-state index is 0.553. The highest BCUT2D eigenvalue weighted by molar-refractivity contribution is 7.71. The molecule has 0 bridgehead atoms. The molecule has 1 fully saturated rings. The van der Waals surface area contributed by atoms with Gasteiger partial charge in [-0.05, 0) is 49.5 Å². The van der Waals surface area contributed by atoms with Crippen molar-refractivity contribution in [1.29, 1.82) is 0 Å². The summed E-state index contributed by atoms with van der Waals surface area (Å²) in [6.45, 7) is 4.72. The molecule has 1 aliphatic heterocycles. The lowest BCUT2D eigenvalue weighted by Crippen LogP contribution is -2.42. The smallest absolute Gasteiger partial charge is 0.199 e. The molecule has 2 heterocycles. The highest BCUT2D eigenvalue weighted by Gasteiger charge is 2.23. The van der Waals surface area contributed by atoms with E-state index in [4.69, 9.17) is 17.3 Å². The van der Waals surface area contributed by atoms with Gasteiger partial charge < -0.3 is 0 Å². The predicted molar refractivity (Wildman–Crippen MR) is 116 cm³/mol. The van der Waals surface area contributed by atoms with E-state index in [1.165, 1.54) is 30.4 Å². The Morgan fingerprint density at radius 3 is 2.36 bits per heavy atom. The zero-order valence-corrected chi connectivity index (χ0v) is 17.3. The van der Waals surface area contributed by atoms with Crippen LogP contribution in [0.4, 0.5) is 0 Å². The maximum atomic E-state index is 5.79. The van der Waals surface area contributed by atoms with Crippen molar-refractivity contribution in [3.63, 3.8) is 0 Å². The summed E-state index contributed by atoms with van der Waals surface area (Å²) in [4.78, 5) is 2.56. The number of aryl methyl sites for hydroxylation is 1. The molecule has 4 nitrogen and oxygen atoms in total. The average Bonchev–Trinajstić information content (AvgIpc) is 2.98. The molecule has 1 saturated heterocycles. The molecule has 5 heteroatoms. The zero-order valence-electron chi connectivity index (χ0n) is 16.5. The fraction of sp³-hybridized carbons (Fsp3) is 0.391. The molecule has 0 N–H and O–H groups in total. The van der Waals surface area contributed by atoms with Crippen LogP contribution >= 0.6 is 12.2 Å². The molecule has 2 aromatic carbocycles. The van der Waals surface area contributed by atoms with Gasteiger partial charge in [0.25, 0.3) is 0 Å². The first-order valence-electron chi connectivity index (χ1n) is 10.2. The van der Waals surface area contributed by atoms with Crippen molar-refractivity contribution in [2.75, 3.05) is 6.54 Å². The van der Waals surface area contributed by atoms with E-state index >= 15 is 0 Å². The van der Waals surface area contributed by atoms with Crippen LogP contribution in [0.3, 0.4) is 0 Å². The van der Waals surface area contributed by atoms with E-state index in [2.05, 4.69) is 64.1 Å². The number of aromatic nitrogens is 3. The molecule has 3 aromatic rings. The minimum atomic E-state index is 0.553. The Labute approximate surface area is 172 Å². The van der Waals surface area contributed by atoms with Gasteiger partial charge >= 0.3 is 0 Å². The van der Waals surface area contributed by atoms with Crippen LogP contribution in [0.5, 0.6) is 0 Å². The van der Waals surface area contributed by atoms with Crippen molar-refractivity contribution in [3.8, 4) is 0 Å². The van der Waals surface area contributed by atoms with Crippen molar-refractivity contribution < 1.29 is 0 Å². The van der Waals surface area contributed by atoms with Crippen LogP contribution in [0, 0.1) is 11.7 Å². The maximum Gasteiger partial charge on any atom is 0.199 e. The number of piperidine rings is 1. The van der Waals surface area contributed by atoms with E-state index in [1.54, 1.807) is 0 Å². The lowest BCUT2D eigenvalue weighted by molar-refractivity contribution is 0.103. The van der Waals surface area contributed by atoms with Crippen LogP contribution in [0.1, 0.15) is 36.2 Å². The highest BCUT2D eigenvalue weighted by Crippen LogP contribution is 2.21. The van der Waals surface area contributed by atoms with E-state index in [1.807, 2.05) is 17.7 Å². The number of benzene rings is 2. The number of nitrogens with zero attached hydrogens (tertiary/aromatic N) is 4. The van der Waals surface area contributed by atoms with E-state index < -0.39 is 0 Å². The first-order valence-corrected chi connectivity index (χ1v) is 10.6. The molecule has 1 aromatic heterocycles. The van der Waals surface area contributed by atoms with Crippen LogP contribution in [0.2, 0.25) is 0 Å². The van der Waals surface area contributed by atoms with Crippen molar-refractivity contribution in [1.82, 2.24) is 19.2 Å². The monoisotopic (exact) mass is 392 g/mol. The Kier molecular flexibility index (Phi) is 6.03. The van der Waals surface area contributed by atoms with Gasteiger partial charge in [-0.2, -0.15) is 5.10 Å². The van der Waals surface area contributed by atoms with Crippen molar-refractivity contribution in [2.24, 2.45) is 0 Å². The third-order valence-corrected chi connectivity index (χ3v) is 6.10. The SMILES string of the molecule is Cc1nn(CN2CCCC[C@@H]2Cc2ccccc2)c(=S)n1Cc1ccccc1. The maximum absolute atomic E-state index is 5.79. The highest BCUT2D eigenvalue weighted by atomic mass is 32.1. The average molecular weight is 393 g/mol. The van der Waals surface area contributed by atoms with Crippen molar-refractivity contribution in [3.05, 3.63) is 82.4 Å². The quantitative estimate of drug-likeness (QED) is 0.562. The molecule has 28 heavy (non-hydrogen) atoms. The lowest BCUT2D eigenvalue weighted by Gasteiger charge is -2.35. The topological polar surface area (TPSA) is 26.0 Å². The Balaban J connectivity index is 1.51. The van der Waals surface area contributed by atoms with Gasteiger partial charge in [0.15, 0.2) is 4.77 Å². The molecule has 0 spiro atoms. The summed E-state index contributed by atoms with van der Waals surface area (Å²) in [5.74, 6) is 0.977. The Hall–Kier alpha value is -2.24. The molecule has 0 saturated carbocycles. The molecule has 146 valence electrons. The summed E-state index contributed by atoms with van der Waals surface area (Å²) < 4.78 is 4.96. The third-order valence-electron chi connectivity index (χ3n) is 5.67. The summed E-state index contributed by atoms with van der Waals surface area (Å²) in [5, 5.41) is 4.78. The van der Waals surface area contributed by atoms with Gasteiger partial charge in [0.1, 0.15) is 5.82 Å². The molecule has 1 atom stereocenters. The summed E-state index contributed by atoms with van der Waals surface area (Å²) in [6, 6.07) is 21.8. The van der Waals surface area contributed by atoms with Gasteiger partial charge in [-0.1, -0.05) is 67.1 Å². The summed E-state index contributed by atoms with van der Waals surface area (Å²) >= 11 is 5.79. The second-order valence-electron chi connectivity index (χ2n) is 7.69. The Bertz CT molecular complexity index is 946. The lowest BCUT2D eigenvalue weighted by atomic mass is 9.96. The number of likely N-dealkylation sites (tertiary alicyclic amines) is 1. The summed E-state index contributed by atoms with van der Waals surface area (Å²) in [5.41, 5.74) is 2.66. The largest absolute Gasteiger partial charge is 0.300 e. The van der Waals surface area contributed by atoms with Gasteiger partial charge in [0, 0.05) is 12.6 Å².